The first-order valence-corrected chi connectivity index (χ1v) is 11.2. The van der Waals surface area contributed by atoms with Crippen LogP contribution in [0.15, 0.2) is 29.8 Å². The van der Waals surface area contributed by atoms with Crippen LogP contribution in [0.4, 0.5) is 5.69 Å². The summed E-state index contributed by atoms with van der Waals surface area (Å²) in [6.07, 6.45) is 3.03. The van der Waals surface area contributed by atoms with E-state index in [-0.39, 0.29) is 6.79 Å². The number of hydrogen-bond donors (Lipinski definition) is 1. The van der Waals surface area contributed by atoms with Crippen molar-refractivity contribution < 1.29 is 9.47 Å². The van der Waals surface area contributed by atoms with Gasteiger partial charge in [0.2, 0.25) is 0 Å². The van der Waals surface area contributed by atoms with Crippen LogP contribution in [0.2, 0.25) is 25.7 Å². The number of nitrogens with two attached hydrogens (primary N) is 1. The molecule has 3 nitrogen and oxygen atoms in total. The lowest BCUT2D eigenvalue weighted by Gasteiger charge is -2.15. The average molecular weight is 308 g/mol. The maximum Gasteiger partial charge on any atom is 0.189 e. The molecule has 0 amide bonds. The topological polar surface area (TPSA) is 44.5 Å². The third-order valence-corrected chi connectivity index (χ3v) is 4.86. The van der Waals surface area contributed by atoms with Gasteiger partial charge in [-0.05, 0) is 37.9 Å². The van der Waals surface area contributed by atoms with Crippen molar-refractivity contribution in [2.45, 2.75) is 46.0 Å². The van der Waals surface area contributed by atoms with E-state index >= 15 is 0 Å². The fraction of sp³-hybridized carbons (Fsp3) is 0.529. The number of hydrogen-bond acceptors (Lipinski definition) is 3. The molecule has 0 spiro atoms. The van der Waals surface area contributed by atoms with Gasteiger partial charge in [-0.3, -0.25) is 0 Å². The lowest BCUT2D eigenvalue weighted by atomic mass is 10.1. The van der Waals surface area contributed by atoms with Crippen LogP contribution in [0, 0.1) is 0 Å². The molecular weight excluding hydrogens is 278 g/mol. The molecule has 0 fully saturated rings. The Morgan fingerprint density at radius 3 is 2.52 bits per heavy atom. The van der Waals surface area contributed by atoms with Gasteiger partial charge in [0.25, 0.3) is 0 Å². The summed E-state index contributed by atoms with van der Waals surface area (Å²) in [4.78, 5) is 0. The van der Waals surface area contributed by atoms with Gasteiger partial charge < -0.3 is 15.2 Å². The van der Waals surface area contributed by atoms with E-state index in [1.165, 1.54) is 5.57 Å². The largest absolute Gasteiger partial charge is 0.467 e. The predicted molar refractivity (Wildman–Crippen MR) is 93.6 cm³/mol. The van der Waals surface area contributed by atoms with Gasteiger partial charge in [-0.2, -0.15) is 0 Å². The number of benzene rings is 1. The van der Waals surface area contributed by atoms with Gasteiger partial charge in [0.1, 0.15) is 5.75 Å². The highest BCUT2D eigenvalue weighted by Crippen LogP contribution is 2.21. The summed E-state index contributed by atoms with van der Waals surface area (Å²) in [6.45, 7) is 12.2. The number of rotatable bonds is 8. The van der Waals surface area contributed by atoms with Crippen LogP contribution in [0.25, 0.3) is 0 Å². The van der Waals surface area contributed by atoms with Gasteiger partial charge in [0, 0.05) is 26.4 Å². The van der Waals surface area contributed by atoms with E-state index in [1.54, 1.807) is 0 Å². The summed E-state index contributed by atoms with van der Waals surface area (Å²) in [6, 6.07) is 6.99. The second-order valence-electron chi connectivity index (χ2n) is 6.83. The minimum Gasteiger partial charge on any atom is -0.467 e. The van der Waals surface area contributed by atoms with Gasteiger partial charge >= 0.3 is 0 Å². The molecule has 1 aromatic carbocycles. The molecule has 1 aromatic rings. The first-order valence-electron chi connectivity index (χ1n) is 7.50. The van der Waals surface area contributed by atoms with E-state index in [9.17, 15) is 0 Å². The molecule has 0 atom stereocenters. The van der Waals surface area contributed by atoms with Crippen LogP contribution in [0.3, 0.4) is 0 Å². The van der Waals surface area contributed by atoms with Crippen molar-refractivity contribution in [3.05, 3.63) is 35.4 Å². The summed E-state index contributed by atoms with van der Waals surface area (Å²) < 4.78 is 11.1. The molecule has 0 aliphatic rings. The highest BCUT2D eigenvalue weighted by molar-refractivity contribution is 6.76. The van der Waals surface area contributed by atoms with Gasteiger partial charge in [-0.1, -0.05) is 37.4 Å². The van der Waals surface area contributed by atoms with Gasteiger partial charge in [0.15, 0.2) is 6.79 Å². The summed E-state index contributed by atoms with van der Waals surface area (Å²) in [5, 5.41) is 0. The van der Waals surface area contributed by atoms with Crippen molar-refractivity contribution in [2.24, 2.45) is 0 Å². The van der Waals surface area contributed by atoms with Crippen LogP contribution in [0.5, 0.6) is 5.75 Å². The first kappa shape index (κ1) is 17.8. The minimum atomic E-state index is -1.03. The third kappa shape index (κ3) is 7.92. The average Bonchev–Trinajstić information content (AvgIpc) is 2.35. The zero-order valence-electron chi connectivity index (χ0n) is 14.0. The second-order valence-corrected chi connectivity index (χ2v) is 12.4. The summed E-state index contributed by atoms with van der Waals surface area (Å²) >= 11 is 0. The van der Waals surface area contributed by atoms with E-state index in [1.807, 2.05) is 18.2 Å². The van der Waals surface area contributed by atoms with E-state index in [0.29, 0.717) is 0 Å². The lowest BCUT2D eigenvalue weighted by Crippen LogP contribution is -2.22. The van der Waals surface area contributed by atoms with E-state index in [2.05, 4.69) is 39.6 Å². The highest BCUT2D eigenvalue weighted by atomic mass is 28.3. The van der Waals surface area contributed by atoms with E-state index in [4.69, 9.17) is 15.2 Å². The molecule has 0 radical (unpaired) electrons. The van der Waals surface area contributed by atoms with Crippen molar-refractivity contribution in [3.8, 4) is 5.75 Å². The fourth-order valence-electron chi connectivity index (χ4n) is 1.71. The van der Waals surface area contributed by atoms with Crippen molar-refractivity contribution in [1.29, 1.82) is 0 Å². The third-order valence-electron chi connectivity index (χ3n) is 3.15. The predicted octanol–water partition coefficient (Wildman–Crippen LogP) is 4.47. The van der Waals surface area contributed by atoms with Crippen molar-refractivity contribution in [2.75, 3.05) is 19.1 Å². The Morgan fingerprint density at radius 1 is 1.24 bits per heavy atom. The summed E-state index contributed by atoms with van der Waals surface area (Å²) in [5.41, 5.74) is 9.25. The fourth-order valence-corrected chi connectivity index (χ4v) is 2.47. The maximum absolute atomic E-state index is 6.05. The zero-order chi connectivity index (χ0) is 15.9. The quantitative estimate of drug-likeness (QED) is 0.253. The molecule has 0 aromatic heterocycles. The molecule has 4 heteroatoms. The van der Waals surface area contributed by atoms with E-state index < -0.39 is 8.07 Å². The molecule has 0 unspecified atom stereocenters. The molecule has 0 aliphatic heterocycles. The SMILES string of the molecule is CC(C)=CCc1ccc(OCOCC[Si](C)(C)C)cc1N. The van der Waals surface area contributed by atoms with Crippen LogP contribution in [0.1, 0.15) is 19.4 Å². The summed E-state index contributed by atoms with van der Waals surface area (Å²) in [5.74, 6) is 0.765. The monoisotopic (exact) mass is 307 g/mol. The normalized spacial score (nSPS) is 11.3. The van der Waals surface area contributed by atoms with Gasteiger partial charge in [-0.15, -0.1) is 0 Å². The Kier molecular flexibility index (Phi) is 6.98. The number of ether oxygens (including phenoxy) is 2. The standard InChI is InChI=1S/C17H29NO2Si/c1-14(2)6-7-15-8-9-16(12-17(15)18)20-13-19-10-11-21(3,4)5/h6,8-9,12H,7,10-11,13,18H2,1-5H3. The zero-order valence-corrected chi connectivity index (χ0v) is 15.0. The molecule has 0 aliphatic carbocycles. The van der Waals surface area contributed by atoms with Crippen LogP contribution < -0.4 is 10.5 Å². The maximum atomic E-state index is 6.05. The Morgan fingerprint density at radius 2 is 1.95 bits per heavy atom. The Labute approximate surface area is 130 Å². The summed E-state index contributed by atoms with van der Waals surface area (Å²) in [7, 11) is -1.03. The Balaban J connectivity index is 2.40. The molecule has 0 saturated carbocycles. The van der Waals surface area contributed by atoms with Crippen molar-refractivity contribution in [3.63, 3.8) is 0 Å². The van der Waals surface area contributed by atoms with Gasteiger partial charge in [-0.25, -0.2) is 0 Å². The van der Waals surface area contributed by atoms with Crippen LogP contribution in [-0.2, 0) is 11.2 Å². The molecule has 1 rings (SSSR count). The Bertz CT molecular complexity index is 474. The second kappa shape index (κ2) is 8.25. The lowest BCUT2D eigenvalue weighted by molar-refractivity contribution is 0.0221. The van der Waals surface area contributed by atoms with Crippen LogP contribution in [-0.4, -0.2) is 21.5 Å². The minimum absolute atomic E-state index is 0.289. The molecule has 21 heavy (non-hydrogen) atoms. The van der Waals surface area contributed by atoms with Crippen molar-refractivity contribution in [1.82, 2.24) is 0 Å². The smallest absolute Gasteiger partial charge is 0.189 e. The number of anilines is 1. The molecule has 0 bridgehead atoms. The van der Waals surface area contributed by atoms with Gasteiger partial charge in [0.05, 0.1) is 0 Å². The van der Waals surface area contributed by atoms with E-state index in [0.717, 1.165) is 36.1 Å². The molecule has 0 heterocycles. The molecule has 2 N–H and O–H groups in total. The van der Waals surface area contributed by atoms with Crippen molar-refractivity contribution >= 4 is 13.8 Å². The number of nitrogen functional groups attached to an aromatic ring is 1. The molecule has 118 valence electrons. The van der Waals surface area contributed by atoms with Crippen LogP contribution >= 0.6 is 0 Å². The molecular formula is C17H29NO2Si. The first-order chi connectivity index (χ1) is 9.78. The number of allylic oxidation sites excluding steroid dienone is 2. The Hall–Kier alpha value is -1.26. The highest BCUT2D eigenvalue weighted by Gasteiger charge is 2.11. The molecule has 0 saturated heterocycles.